The normalized spacial score (nSPS) is 11.1. The van der Waals surface area contributed by atoms with E-state index >= 15 is 0 Å². The van der Waals surface area contributed by atoms with E-state index in [9.17, 15) is 13.2 Å². The summed E-state index contributed by atoms with van der Waals surface area (Å²) in [6, 6.07) is 10.1. The molecule has 21 heavy (non-hydrogen) atoms. The van der Waals surface area contributed by atoms with Crippen molar-refractivity contribution in [3.05, 3.63) is 48.0 Å². The zero-order chi connectivity index (χ0) is 15.6. The molecule has 0 saturated carbocycles. The van der Waals surface area contributed by atoms with E-state index in [1.54, 1.807) is 12.1 Å². The Morgan fingerprint density at radius 3 is 2.43 bits per heavy atom. The van der Waals surface area contributed by atoms with Crippen LogP contribution in [0, 0.1) is 0 Å². The lowest BCUT2D eigenvalue weighted by Gasteiger charge is -2.09. The molecule has 0 aliphatic carbocycles. The molecule has 0 amide bonds. The fourth-order valence-corrected chi connectivity index (χ4v) is 2.34. The predicted octanol–water partition coefficient (Wildman–Crippen LogP) is 2.16. The van der Waals surface area contributed by atoms with Crippen molar-refractivity contribution >= 4 is 21.5 Å². The first-order valence-electron chi connectivity index (χ1n) is 5.88. The van der Waals surface area contributed by atoms with Crippen LogP contribution in [0.25, 0.3) is 0 Å². The maximum Gasteiger partial charge on any atom is 0.337 e. The van der Waals surface area contributed by atoms with E-state index in [4.69, 9.17) is 15.6 Å². The molecule has 0 atom stereocenters. The number of hydrogen-bond acceptors (Lipinski definition) is 5. The molecule has 110 valence electrons. The Bertz CT molecular complexity index is 799. The molecule has 0 heterocycles. The Kier molecular flexibility index (Phi) is 3.86. The Balaban J connectivity index is 2.35. The fraction of sp³-hybridized carbons (Fsp3) is 0.0714. The van der Waals surface area contributed by atoms with Gasteiger partial charge in [0.05, 0.1) is 10.5 Å². The quantitative estimate of drug-likeness (QED) is 0.838. The molecule has 3 N–H and O–H groups in total. The maximum absolute atomic E-state index is 11.5. The molecule has 0 aliphatic rings. The lowest BCUT2D eigenvalue weighted by Crippen LogP contribution is -2.02. The average Bonchev–Trinajstić information content (AvgIpc) is 2.40. The molecule has 0 unspecified atom stereocenters. The summed E-state index contributed by atoms with van der Waals surface area (Å²) in [6.45, 7) is 0. The van der Waals surface area contributed by atoms with E-state index in [-0.39, 0.29) is 21.9 Å². The largest absolute Gasteiger partial charge is 0.478 e. The Morgan fingerprint density at radius 2 is 1.81 bits per heavy atom. The van der Waals surface area contributed by atoms with Crippen LogP contribution in [0.15, 0.2) is 47.4 Å². The number of nitrogen functional groups attached to an aromatic ring is 1. The third-order valence-corrected chi connectivity index (χ3v) is 3.83. The van der Waals surface area contributed by atoms with Crippen LogP contribution in [0.5, 0.6) is 11.5 Å². The number of anilines is 1. The summed E-state index contributed by atoms with van der Waals surface area (Å²) < 4.78 is 28.4. The first-order valence-corrected chi connectivity index (χ1v) is 7.77. The standard InChI is InChI=1S/C14H13NO5S/c1-21(18,19)11-4-2-3-9(7-11)20-10-5-6-13(15)12(8-10)14(16)17/h2-8H,15H2,1H3,(H,16,17). The first kappa shape index (κ1) is 14.9. The lowest BCUT2D eigenvalue weighted by molar-refractivity contribution is 0.0697. The molecular weight excluding hydrogens is 294 g/mol. The van der Waals surface area contributed by atoms with Crippen LogP contribution in [0.3, 0.4) is 0 Å². The van der Waals surface area contributed by atoms with Crippen LogP contribution in [-0.4, -0.2) is 25.7 Å². The van der Waals surface area contributed by atoms with Crippen LogP contribution in [0.1, 0.15) is 10.4 Å². The van der Waals surface area contributed by atoms with Gasteiger partial charge in [0.2, 0.25) is 0 Å². The highest BCUT2D eigenvalue weighted by molar-refractivity contribution is 7.90. The lowest BCUT2D eigenvalue weighted by atomic mass is 10.2. The highest BCUT2D eigenvalue weighted by Gasteiger charge is 2.11. The van der Waals surface area contributed by atoms with Gasteiger partial charge >= 0.3 is 5.97 Å². The second-order valence-electron chi connectivity index (χ2n) is 4.40. The number of carbonyl (C=O) groups is 1. The molecule has 0 saturated heterocycles. The second kappa shape index (κ2) is 5.45. The summed E-state index contributed by atoms with van der Waals surface area (Å²) in [4.78, 5) is 11.1. The summed E-state index contributed by atoms with van der Waals surface area (Å²) in [5, 5.41) is 8.99. The molecule has 0 radical (unpaired) electrons. The summed E-state index contributed by atoms with van der Waals surface area (Å²) in [5.41, 5.74) is 5.60. The topological polar surface area (TPSA) is 107 Å². The number of benzene rings is 2. The van der Waals surface area contributed by atoms with Gasteiger partial charge in [-0.1, -0.05) is 6.07 Å². The van der Waals surface area contributed by atoms with Crippen LogP contribution >= 0.6 is 0 Å². The number of hydrogen-bond donors (Lipinski definition) is 2. The van der Waals surface area contributed by atoms with Gasteiger partial charge in [0, 0.05) is 11.9 Å². The average molecular weight is 307 g/mol. The maximum atomic E-state index is 11.5. The SMILES string of the molecule is CS(=O)(=O)c1cccc(Oc2ccc(N)c(C(=O)O)c2)c1. The summed E-state index contributed by atoms with van der Waals surface area (Å²) in [7, 11) is -3.34. The van der Waals surface area contributed by atoms with Gasteiger partial charge in [0.15, 0.2) is 9.84 Å². The number of rotatable bonds is 4. The summed E-state index contributed by atoms with van der Waals surface area (Å²) >= 11 is 0. The Morgan fingerprint density at radius 1 is 1.14 bits per heavy atom. The van der Waals surface area contributed by atoms with Crippen LogP contribution < -0.4 is 10.5 Å². The van der Waals surface area contributed by atoms with Crippen molar-refractivity contribution in [3.8, 4) is 11.5 Å². The Labute approximate surface area is 121 Å². The highest BCUT2D eigenvalue weighted by atomic mass is 32.2. The zero-order valence-corrected chi connectivity index (χ0v) is 11.9. The molecule has 0 fully saturated rings. The van der Waals surface area contributed by atoms with Crippen molar-refractivity contribution in [2.24, 2.45) is 0 Å². The number of ether oxygens (including phenoxy) is 1. The molecular formula is C14H13NO5S. The zero-order valence-electron chi connectivity index (χ0n) is 11.1. The van der Waals surface area contributed by atoms with Crippen molar-refractivity contribution in [2.75, 3.05) is 12.0 Å². The fourth-order valence-electron chi connectivity index (χ4n) is 1.69. The molecule has 6 nitrogen and oxygen atoms in total. The minimum atomic E-state index is -3.34. The highest BCUT2D eigenvalue weighted by Crippen LogP contribution is 2.26. The van der Waals surface area contributed by atoms with E-state index in [2.05, 4.69) is 0 Å². The minimum absolute atomic E-state index is 0.0771. The third kappa shape index (κ3) is 3.51. The minimum Gasteiger partial charge on any atom is -0.478 e. The number of sulfone groups is 1. The van der Waals surface area contributed by atoms with E-state index in [0.717, 1.165) is 6.26 Å². The monoisotopic (exact) mass is 307 g/mol. The third-order valence-electron chi connectivity index (χ3n) is 2.72. The molecule has 7 heteroatoms. The Hall–Kier alpha value is -2.54. The van der Waals surface area contributed by atoms with Gasteiger partial charge in [-0.05, 0) is 36.4 Å². The van der Waals surface area contributed by atoms with E-state index in [1.165, 1.54) is 30.3 Å². The number of aromatic carboxylic acids is 1. The second-order valence-corrected chi connectivity index (χ2v) is 6.42. The van der Waals surface area contributed by atoms with Crippen LogP contribution in [0.2, 0.25) is 0 Å². The molecule has 0 bridgehead atoms. The van der Waals surface area contributed by atoms with Gasteiger partial charge in [-0.3, -0.25) is 0 Å². The molecule has 0 aromatic heterocycles. The van der Waals surface area contributed by atoms with Gasteiger partial charge in [-0.25, -0.2) is 13.2 Å². The van der Waals surface area contributed by atoms with Crippen molar-refractivity contribution in [2.45, 2.75) is 4.90 Å². The number of carboxylic acid groups (broad SMARTS) is 1. The summed E-state index contributed by atoms with van der Waals surface area (Å²) in [6.07, 6.45) is 1.10. The van der Waals surface area contributed by atoms with Crippen molar-refractivity contribution < 1.29 is 23.1 Å². The predicted molar refractivity (Wildman–Crippen MR) is 77.4 cm³/mol. The number of carboxylic acids is 1. The smallest absolute Gasteiger partial charge is 0.337 e. The first-order chi connectivity index (χ1) is 9.77. The van der Waals surface area contributed by atoms with E-state index < -0.39 is 15.8 Å². The van der Waals surface area contributed by atoms with Gasteiger partial charge in [-0.15, -0.1) is 0 Å². The van der Waals surface area contributed by atoms with Gasteiger partial charge in [0.25, 0.3) is 0 Å². The molecule has 0 aliphatic heterocycles. The summed E-state index contributed by atoms with van der Waals surface area (Å²) in [5.74, 6) is -0.617. The van der Waals surface area contributed by atoms with Crippen molar-refractivity contribution in [1.29, 1.82) is 0 Å². The van der Waals surface area contributed by atoms with Gasteiger partial charge < -0.3 is 15.6 Å². The van der Waals surface area contributed by atoms with E-state index in [0.29, 0.717) is 5.75 Å². The van der Waals surface area contributed by atoms with Crippen molar-refractivity contribution in [1.82, 2.24) is 0 Å². The molecule has 2 aromatic carbocycles. The van der Waals surface area contributed by atoms with E-state index in [1.807, 2.05) is 0 Å². The molecule has 2 rings (SSSR count). The van der Waals surface area contributed by atoms with Crippen LogP contribution in [0.4, 0.5) is 5.69 Å². The van der Waals surface area contributed by atoms with Gasteiger partial charge in [0.1, 0.15) is 11.5 Å². The van der Waals surface area contributed by atoms with Gasteiger partial charge in [-0.2, -0.15) is 0 Å². The molecule has 2 aromatic rings. The number of nitrogens with two attached hydrogens (primary N) is 1. The van der Waals surface area contributed by atoms with Crippen molar-refractivity contribution in [3.63, 3.8) is 0 Å². The van der Waals surface area contributed by atoms with Crippen LogP contribution in [-0.2, 0) is 9.84 Å². The molecule has 0 spiro atoms.